The van der Waals surface area contributed by atoms with Crippen molar-refractivity contribution in [2.24, 2.45) is 0 Å². The van der Waals surface area contributed by atoms with Crippen molar-refractivity contribution in [3.8, 4) is 0 Å². The van der Waals surface area contributed by atoms with E-state index in [1.165, 1.54) is 77.0 Å². The minimum atomic E-state index is -3.24. The largest absolute Gasteiger partial charge is 0.385 e. The highest BCUT2D eigenvalue weighted by molar-refractivity contribution is 6.28. The molecule has 0 heterocycles. The van der Waals surface area contributed by atoms with Crippen molar-refractivity contribution < 1.29 is 34.5 Å². The smallest absolute Gasteiger partial charge is 0.227 e. The van der Waals surface area contributed by atoms with Gasteiger partial charge in [-0.2, -0.15) is 0 Å². The van der Waals surface area contributed by atoms with Gasteiger partial charge in [-0.25, -0.2) is 0 Å². The molecule has 2 atom stereocenters. The molecule has 42 heavy (non-hydrogen) atoms. The second-order valence-corrected chi connectivity index (χ2v) is 12.7. The van der Waals surface area contributed by atoms with Crippen LogP contribution < -0.4 is 0 Å². The molecule has 7 heteroatoms. The number of hydrogen-bond acceptors (Lipinski definition) is 7. The van der Waals surface area contributed by atoms with Crippen molar-refractivity contribution in [2.75, 3.05) is 0 Å². The van der Waals surface area contributed by atoms with E-state index >= 15 is 0 Å². The number of carbonyl (C=O) groups is 4. The van der Waals surface area contributed by atoms with Gasteiger partial charge in [0.25, 0.3) is 0 Å². The van der Waals surface area contributed by atoms with Crippen LogP contribution in [-0.4, -0.2) is 55.8 Å². The highest BCUT2D eigenvalue weighted by Gasteiger charge is 2.69. The van der Waals surface area contributed by atoms with Crippen LogP contribution in [0.1, 0.15) is 181 Å². The van der Waals surface area contributed by atoms with Crippen LogP contribution in [0.25, 0.3) is 0 Å². The summed E-state index contributed by atoms with van der Waals surface area (Å²) in [5.41, 5.74) is -6.36. The quantitative estimate of drug-likeness (QED) is 0.0641. The highest BCUT2D eigenvalue weighted by Crippen LogP contribution is 2.37. The van der Waals surface area contributed by atoms with Gasteiger partial charge >= 0.3 is 0 Å². The number of aliphatic hydroxyl groups excluding tert-OH is 1. The first-order chi connectivity index (χ1) is 20.2. The minimum absolute atomic E-state index is 0.00233. The fraction of sp³-hybridized carbons (Fsp3) is 0.886. The molecule has 1 aliphatic rings. The number of hydrogen-bond donors (Lipinski definition) is 3. The first-order valence-electron chi connectivity index (χ1n) is 17.4. The van der Waals surface area contributed by atoms with E-state index in [4.69, 9.17) is 0 Å². The fourth-order valence-corrected chi connectivity index (χ4v) is 6.17. The third-order valence-corrected chi connectivity index (χ3v) is 9.06. The van der Waals surface area contributed by atoms with Gasteiger partial charge in [0, 0.05) is 19.3 Å². The van der Waals surface area contributed by atoms with Gasteiger partial charge < -0.3 is 15.3 Å². The lowest BCUT2D eigenvalue weighted by molar-refractivity contribution is -0.190. The molecule has 0 bridgehead atoms. The van der Waals surface area contributed by atoms with Crippen LogP contribution in [0.4, 0.5) is 0 Å². The van der Waals surface area contributed by atoms with Gasteiger partial charge in [0.1, 0.15) is 6.10 Å². The lowest BCUT2D eigenvalue weighted by Crippen LogP contribution is -2.71. The minimum Gasteiger partial charge on any atom is -0.385 e. The Morgan fingerprint density at radius 2 is 0.976 bits per heavy atom. The average Bonchev–Trinajstić information content (AvgIpc) is 3.25. The van der Waals surface area contributed by atoms with Crippen molar-refractivity contribution in [2.45, 2.75) is 198 Å². The summed E-state index contributed by atoms with van der Waals surface area (Å²) in [6.45, 7) is 4.41. The second kappa shape index (κ2) is 22.1. The summed E-state index contributed by atoms with van der Waals surface area (Å²) in [6, 6.07) is 0. The molecule has 3 N–H and O–H groups in total. The lowest BCUT2D eigenvalue weighted by atomic mass is 9.71. The van der Waals surface area contributed by atoms with Crippen LogP contribution >= 0.6 is 0 Å². The zero-order chi connectivity index (χ0) is 31.3. The molecule has 0 aliphatic heterocycles. The van der Waals surface area contributed by atoms with E-state index in [1.54, 1.807) is 0 Å². The van der Waals surface area contributed by atoms with Gasteiger partial charge in [0.05, 0.1) is 0 Å². The summed E-state index contributed by atoms with van der Waals surface area (Å²) < 4.78 is 0. The molecule has 0 aromatic carbocycles. The van der Waals surface area contributed by atoms with Crippen LogP contribution in [0, 0.1) is 0 Å². The third kappa shape index (κ3) is 12.3. The summed E-state index contributed by atoms with van der Waals surface area (Å²) >= 11 is 0. The van der Waals surface area contributed by atoms with E-state index in [0.29, 0.717) is 19.3 Å². The molecule has 1 saturated carbocycles. The maximum absolute atomic E-state index is 13.3. The number of Topliss-reactive ketones (excluding diaryl/α,β-unsaturated/α-hetero) is 4. The van der Waals surface area contributed by atoms with E-state index < -0.39 is 40.4 Å². The van der Waals surface area contributed by atoms with E-state index in [-0.39, 0.29) is 25.7 Å². The molecule has 2 unspecified atom stereocenters. The normalized spacial score (nSPS) is 17.0. The number of carbonyl (C=O) groups excluding carboxylic acids is 4. The Hall–Kier alpha value is -1.44. The molecule has 0 radical (unpaired) electrons. The summed E-state index contributed by atoms with van der Waals surface area (Å²) in [6.07, 6.45) is 21.0. The first kappa shape index (κ1) is 38.6. The Bertz CT molecular complexity index is 776. The Morgan fingerprint density at radius 3 is 1.36 bits per heavy atom. The molecule has 0 spiro atoms. The summed E-state index contributed by atoms with van der Waals surface area (Å²) in [4.78, 5) is 51.8. The molecule has 244 valence electrons. The Labute approximate surface area is 255 Å². The second-order valence-electron chi connectivity index (χ2n) is 12.7. The Morgan fingerprint density at radius 1 is 0.643 bits per heavy atom. The van der Waals surface area contributed by atoms with Crippen LogP contribution in [0.5, 0.6) is 0 Å². The third-order valence-electron chi connectivity index (χ3n) is 9.06. The molecule has 0 aromatic heterocycles. The van der Waals surface area contributed by atoms with Crippen molar-refractivity contribution in [1.82, 2.24) is 0 Å². The SMILES string of the molecule is CCCCCCCCCCCCCC(=O)C(O)(C(=O)C(O)CCCCCCCCCCCCC)C1(O)C(=O)CCC1=O. The number of unbranched alkanes of at least 4 members (excludes halogenated alkanes) is 20. The van der Waals surface area contributed by atoms with Crippen LogP contribution in [-0.2, 0) is 19.2 Å². The Balaban J connectivity index is 2.55. The van der Waals surface area contributed by atoms with Crippen molar-refractivity contribution in [3.63, 3.8) is 0 Å². The van der Waals surface area contributed by atoms with Gasteiger partial charge in [0.15, 0.2) is 17.3 Å². The van der Waals surface area contributed by atoms with Gasteiger partial charge in [-0.1, -0.05) is 149 Å². The lowest BCUT2D eigenvalue weighted by Gasteiger charge is -2.37. The zero-order valence-corrected chi connectivity index (χ0v) is 26.9. The first-order valence-corrected chi connectivity index (χ1v) is 17.4. The molecule has 7 nitrogen and oxygen atoms in total. The van der Waals surface area contributed by atoms with E-state index in [9.17, 15) is 34.5 Å². The van der Waals surface area contributed by atoms with E-state index in [0.717, 1.165) is 44.9 Å². The van der Waals surface area contributed by atoms with Crippen molar-refractivity contribution in [1.29, 1.82) is 0 Å². The molecule has 1 rings (SSSR count). The molecule has 1 aliphatic carbocycles. The van der Waals surface area contributed by atoms with Gasteiger partial charge in [-0.05, 0) is 12.8 Å². The molecular formula is C35H62O7. The molecule has 1 fully saturated rings. The van der Waals surface area contributed by atoms with Crippen LogP contribution in [0.3, 0.4) is 0 Å². The van der Waals surface area contributed by atoms with Gasteiger partial charge in [-0.15, -0.1) is 0 Å². The molecule has 0 saturated heterocycles. The molecular weight excluding hydrogens is 532 g/mol. The monoisotopic (exact) mass is 594 g/mol. The van der Waals surface area contributed by atoms with Crippen molar-refractivity contribution in [3.05, 3.63) is 0 Å². The Kier molecular flexibility index (Phi) is 20.3. The molecule has 0 amide bonds. The predicted molar refractivity (Wildman–Crippen MR) is 167 cm³/mol. The topological polar surface area (TPSA) is 129 Å². The number of aliphatic hydroxyl groups is 3. The summed E-state index contributed by atoms with van der Waals surface area (Å²) in [5.74, 6) is -4.43. The van der Waals surface area contributed by atoms with Crippen molar-refractivity contribution >= 4 is 23.1 Å². The maximum Gasteiger partial charge on any atom is 0.227 e. The summed E-state index contributed by atoms with van der Waals surface area (Å²) in [5, 5.41) is 33.1. The van der Waals surface area contributed by atoms with Gasteiger partial charge in [0.2, 0.25) is 17.0 Å². The van der Waals surface area contributed by atoms with Crippen LogP contribution in [0.2, 0.25) is 0 Å². The average molecular weight is 595 g/mol. The summed E-state index contributed by atoms with van der Waals surface area (Å²) in [7, 11) is 0. The number of rotatable bonds is 28. The standard InChI is InChI=1S/C35H62O7/c1-3-5-7-9-11-13-15-17-19-21-23-25-29(36)33(40)35(42,34(41)31(38)27-28-32(34)39)30(37)26-24-22-20-18-16-14-12-10-8-6-4-2/h29,36,41-42H,3-28H2,1-2H3. The van der Waals surface area contributed by atoms with E-state index in [1.807, 2.05) is 0 Å². The van der Waals surface area contributed by atoms with Crippen LogP contribution in [0.15, 0.2) is 0 Å². The predicted octanol–water partition coefficient (Wildman–Crippen LogP) is 7.28. The van der Waals surface area contributed by atoms with E-state index in [2.05, 4.69) is 13.8 Å². The maximum atomic E-state index is 13.3. The number of ketones is 4. The highest BCUT2D eigenvalue weighted by atomic mass is 16.4. The zero-order valence-electron chi connectivity index (χ0n) is 26.9. The van der Waals surface area contributed by atoms with Gasteiger partial charge in [-0.3, -0.25) is 19.2 Å². The molecule has 0 aromatic rings. The fourth-order valence-electron chi connectivity index (χ4n) is 6.17.